The highest BCUT2D eigenvalue weighted by Crippen LogP contribution is 2.40. The van der Waals surface area contributed by atoms with Crippen LogP contribution in [0.5, 0.6) is 0 Å². The number of ether oxygens (including phenoxy) is 6. The van der Waals surface area contributed by atoms with Gasteiger partial charge in [-0.15, -0.1) is 4.91 Å². The van der Waals surface area contributed by atoms with Gasteiger partial charge in [0.25, 0.3) is 0 Å². The number of nitrogens with zero attached hydrogens (tertiary/aromatic N) is 2. The van der Waals surface area contributed by atoms with Gasteiger partial charge in [0, 0.05) is 42.4 Å². The second kappa shape index (κ2) is 17.3. The Morgan fingerprint density at radius 2 is 1.60 bits per heavy atom. The molecule has 0 aromatic heterocycles. The Kier molecular flexibility index (Phi) is 13.2. The molecule has 0 saturated carbocycles. The highest BCUT2D eigenvalue weighted by molar-refractivity contribution is 5.83. The third-order valence-corrected chi connectivity index (χ3v) is 11.6. The van der Waals surface area contributed by atoms with Gasteiger partial charge in [-0.1, -0.05) is 27.7 Å². The van der Waals surface area contributed by atoms with Gasteiger partial charge in [0.2, 0.25) is 0 Å². The quantitative estimate of drug-likeness (QED) is 0.136. The van der Waals surface area contributed by atoms with Gasteiger partial charge in [-0.3, -0.25) is 14.6 Å². The van der Waals surface area contributed by atoms with E-state index < -0.39 is 127 Å². The summed E-state index contributed by atoms with van der Waals surface area (Å²) in [7, 11) is 1.43. The topological polar surface area (TPSA) is 223 Å². The molecule has 0 spiro atoms. The maximum Gasteiger partial charge on any atom is 0.311 e. The van der Waals surface area contributed by atoms with Crippen LogP contribution in [-0.4, -0.2) is 141 Å². The number of rotatable bonds is 8. The molecule has 3 saturated heterocycles. The van der Waals surface area contributed by atoms with Crippen LogP contribution >= 0.6 is 0 Å². The number of carbonyl (C=O) groups excluding carboxylic acids is 2. The number of carbonyl (C=O) groups is 2. The Bertz CT molecular complexity index is 1320. The Labute approximate surface area is 311 Å². The zero-order valence-electron chi connectivity index (χ0n) is 35.3. The van der Waals surface area contributed by atoms with E-state index in [1.165, 1.54) is 34.8 Å². The highest BCUT2D eigenvalue weighted by Gasteiger charge is 2.53. The average molecular weight is 752 g/mol. The average Bonchev–Trinajstić information content (AvgIpc) is 3.09. The van der Waals surface area contributed by atoms with Crippen LogP contribution in [0.15, 0.2) is 5.29 Å². The van der Waals surface area contributed by atoms with Gasteiger partial charge < -0.3 is 54.0 Å². The molecule has 3 aliphatic heterocycles. The zero-order chi connectivity index (χ0) is 42.2. The second-order valence-electron chi connectivity index (χ2n) is 15.9. The van der Waals surface area contributed by atoms with Crippen LogP contribution in [-0.2, 0) is 38.0 Å². The van der Waals surface area contributed by atoms with Crippen LogP contribution < -0.4 is 0 Å². The molecule has 0 amide bonds. The monoisotopic (exact) mass is 751 g/mol. The predicted octanol–water partition coefficient (Wildman–Crippen LogP) is 1.84. The van der Waals surface area contributed by atoms with Crippen molar-refractivity contribution in [2.45, 2.75) is 179 Å². The van der Waals surface area contributed by atoms with Crippen LogP contribution in [0.3, 0.4) is 0 Å². The van der Waals surface area contributed by atoms with Crippen molar-refractivity contribution in [2.75, 3.05) is 14.1 Å². The van der Waals surface area contributed by atoms with Gasteiger partial charge in [0.05, 0.1) is 59.0 Å². The molecule has 0 unspecified atom stereocenters. The molecule has 16 heteroatoms. The summed E-state index contributed by atoms with van der Waals surface area (Å²) >= 11 is 0. The zero-order valence-corrected chi connectivity index (χ0v) is 32.3. The lowest BCUT2D eigenvalue weighted by Crippen LogP contribution is -2.61. The first kappa shape index (κ1) is 39.8. The molecule has 302 valence electrons. The number of hydrogen-bond donors (Lipinski definition) is 5. The normalized spacial score (nSPS) is 49.8. The largest absolute Gasteiger partial charge is 0.459 e. The van der Waals surface area contributed by atoms with E-state index in [1.807, 2.05) is 0 Å². The number of Topliss-reactive ketones (excluding diaryl/α,β-unsaturated/α-hetero) is 1. The fraction of sp³-hybridized carbons (Fsp3) is 0.944. The number of cyclic esters (lactones) is 1. The molecule has 5 N–H and O–H groups in total. The van der Waals surface area contributed by atoms with Crippen LogP contribution in [0.2, 0.25) is 0 Å². The van der Waals surface area contributed by atoms with E-state index >= 15 is 0 Å². The van der Waals surface area contributed by atoms with Crippen molar-refractivity contribution < 1.29 is 67.7 Å². The maximum absolute atomic E-state index is 14.1. The molecule has 0 radical (unpaired) electrons. The van der Waals surface area contributed by atoms with Crippen LogP contribution in [0.25, 0.3) is 0 Å². The van der Waals surface area contributed by atoms with E-state index in [0.29, 0.717) is 0 Å². The molecular formula is C36H64N2O14. The van der Waals surface area contributed by atoms with Gasteiger partial charge in [-0.05, 0) is 60.8 Å². The predicted molar refractivity (Wildman–Crippen MR) is 186 cm³/mol. The summed E-state index contributed by atoms with van der Waals surface area (Å²) in [5.41, 5.74) is -5.22. The SMILES string of the molecule is [2H]C([2H])([2H])N(N=O)[C@H]1C[C@@H](C)O[C@@H](O[C@@H]2[C@@H](C)[C@H](O[C@H]3C[C@@](C)(OC)[C@@H](O)[C@H](C)O3)[C@@H](C)C(=O)O[C@H](CC)[C@@](C)(O)[C@H](O)[C@@H](C)C(=O)[C@H](C)C[C@@]2(C)O)[C@@H]1O. The summed E-state index contributed by atoms with van der Waals surface area (Å²) in [5.74, 6) is -5.78. The van der Waals surface area contributed by atoms with Crippen LogP contribution in [0.4, 0.5) is 0 Å². The second-order valence-corrected chi connectivity index (χ2v) is 15.9. The van der Waals surface area contributed by atoms with E-state index in [0.717, 1.165) is 0 Å². The van der Waals surface area contributed by atoms with Crippen molar-refractivity contribution in [3.8, 4) is 0 Å². The van der Waals surface area contributed by atoms with E-state index in [9.17, 15) is 40.0 Å². The maximum atomic E-state index is 14.1. The van der Waals surface area contributed by atoms with Gasteiger partial charge in [-0.25, -0.2) is 0 Å². The molecule has 3 fully saturated rings. The van der Waals surface area contributed by atoms with Crippen molar-refractivity contribution in [3.05, 3.63) is 4.91 Å². The van der Waals surface area contributed by atoms with Crippen molar-refractivity contribution >= 4 is 11.8 Å². The lowest BCUT2D eigenvalue weighted by molar-refractivity contribution is -0.318. The summed E-state index contributed by atoms with van der Waals surface area (Å²) in [6, 6.07) is -1.39. The fourth-order valence-electron chi connectivity index (χ4n) is 8.20. The molecule has 0 aromatic carbocycles. The molecule has 0 bridgehead atoms. The minimum atomic E-state index is -3.02. The van der Waals surface area contributed by atoms with Crippen molar-refractivity contribution in [1.29, 1.82) is 0 Å². The lowest BCUT2D eigenvalue weighted by Gasteiger charge is -2.49. The van der Waals surface area contributed by atoms with Gasteiger partial charge >= 0.3 is 5.97 Å². The summed E-state index contributed by atoms with van der Waals surface area (Å²) in [4.78, 5) is 39.7. The Hall–Kier alpha value is -1.86. The van der Waals surface area contributed by atoms with Crippen molar-refractivity contribution in [2.24, 2.45) is 29.0 Å². The minimum Gasteiger partial charge on any atom is -0.459 e. The number of hydrogen-bond acceptors (Lipinski definition) is 15. The summed E-state index contributed by atoms with van der Waals surface area (Å²) < 4.78 is 60.0. The van der Waals surface area contributed by atoms with E-state index in [2.05, 4.69) is 5.29 Å². The summed E-state index contributed by atoms with van der Waals surface area (Å²) in [5, 5.41) is 60.6. The van der Waals surface area contributed by atoms with E-state index in [4.69, 9.17) is 32.5 Å². The lowest BCUT2D eigenvalue weighted by atomic mass is 9.74. The van der Waals surface area contributed by atoms with Crippen LogP contribution in [0, 0.1) is 28.6 Å². The minimum absolute atomic E-state index is 0.00286. The number of nitroso groups, excluding NO2 is 1. The molecule has 18 atom stereocenters. The number of aliphatic hydroxyl groups is 5. The fourth-order valence-corrected chi connectivity index (χ4v) is 8.20. The number of esters is 1. The van der Waals surface area contributed by atoms with Crippen LogP contribution in [0.1, 0.15) is 99.0 Å². The van der Waals surface area contributed by atoms with E-state index in [-0.39, 0.29) is 30.7 Å². The van der Waals surface area contributed by atoms with Gasteiger partial charge in [-0.2, -0.15) is 0 Å². The van der Waals surface area contributed by atoms with Crippen molar-refractivity contribution in [1.82, 2.24) is 5.01 Å². The third kappa shape index (κ3) is 9.32. The Balaban J connectivity index is 2.21. The number of aliphatic hydroxyl groups excluding tert-OH is 3. The Morgan fingerprint density at radius 1 is 0.962 bits per heavy atom. The first-order chi connectivity index (χ1) is 25.2. The summed E-state index contributed by atoms with van der Waals surface area (Å²) in [6.07, 6.45) is -13.2. The first-order valence-corrected chi connectivity index (χ1v) is 18.2. The molecule has 3 rings (SSSR count). The van der Waals surface area contributed by atoms with Gasteiger partial charge in [0.1, 0.15) is 29.7 Å². The molecule has 3 heterocycles. The molecular weight excluding hydrogens is 684 g/mol. The number of likely N-dealkylation sites (N-methyl/N-ethyl adjacent to an activating group) is 1. The number of ketones is 1. The molecule has 52 heavy (non-hydrogen) atoms. The Morgan fingerprint density at radius 3 is 2.15 bits per heavy atom. The third-order valence-electron chi connectivity index (χ3n) is 11.6. The molecule has 0 aliphatic carbocycles. The highest BCUT2D eigenvalue weighted by atomic mass is 16.7. The standard InChI is InChI=1S/C36H64N2O14/c1-13-24-36(10,45)29(41)19(4)26(39)17(2)15-34(8,44)31(52-33-27(40)23(38(11)37-46)14-18(3)48-33)20(5)28(21(6)32(43)50-24)51-25-16-35(9,47-12)30(42)22(7)49-25/h17-25,27-31,33,40-42,44-45H,13-16H2,1-12H3/t17-,18-,19+,20+,21-,22+,23+,24-,25+,27-,28+,29-,30+,31-,33+,34-,35-,36-/m1/s1/i11D3. The van der Waals surface area contributed by atoms with Gasteiger partial charge in [0.15, 0.2) is 12.6 Å². The smallest absolute Gasteiger partial charge is 0.311 e. The first-order valence-electron chi connectivity index (χ1n) is 19.7. The van der Waals surface area contributed by atoms with E-state index in [1.54, 1.807) is 41.5 Å². The van der Waals surface area contributed by atoms with Crippen molar-refractivity contribution in [3.63, 3.8) is 0 Å². The number of methoxy groups -OCH3 is 1. The molecule has 0 aromatic rings. The summed E-state index contributed by atoms with van der Waals surface area (Å²) in [6.45, 7) is 12.2. The molecule has 3 aliphatic rings. The molecule has 16 nitrogen and oxygen atoms in total.